The molecule has 0 bridgehead atoms. The van der Waals surface area contributed by atoms with Gasteiger partial charge in [-0.3, -0.25) is 4.79 Å². The van der Waals surface area contributed by atoms with Gasteiger partial charge in [-0.05, 0) is 55.2 Å². The Kier molecular flexibility index (Phi) is 5.78. The summed E-state index contributed by atoms with van der Waals surface area (Å²) in [7, 11) is 1.38. The van der Waals surface area contributed by atoms with Gasteiger partial charge in [-0.15, -0.1) is 0 Å². The minimum Gasteiger partial charge on any atom is -0.453 e. The fraction of sp³-hybridized carbons (Fsp3) is 0.273. The lowest BCUT2D eigenvalue weighted by Crippen LogP contribution is -2.36. The summed E-state index contributed by atoms with van der Waals surface area (Å²) >= 11 is 0. The molecule has 3 rings (SSSR count). The lowest BCUT2D eigenvalue weighted by molar-refractivity contribution is 0.102. The molecule has 1 heterocycles. The smallest absolute Gasteiger partial charge is 0.409 e. The van der Waals surface area contributed by atoms with E-state index in [0.717, 1.165) is 17.6 Å². The number of benzene rings is 2. The average Bonchev–Trinajstić information content (AvgIpc) is 2.68. The Morgan fingerprint density at radius 3 is 2.46 bits per heavy atom. The van der Waals surface area contributed by atoms with Gasteiger partial charge in [-0.2, -0.15) is 0 Å². The van der Waals surface area contributed by atoms with Crippen LogP contribution >= 0.6 is 0 Å². The number of carbonyl (C=O) groups is 2. The molecule has 0 aliphatic carbocycles. The van der Waals surface area contributed by atoms with Crippen LogP contribution in [0.4, 0.5) is 14.9 Å². The Hall–Kier alpha value is -3.15. The molecular formula is C22H23FN2O3. The van der Waals surface area contributed by atoms with Crippen molar-refractivity contribution in [3.05, 3.63) is 70.5 Å². The van der Waals surface area contributed by atoms with Gasteiger partial charge in [0, 0.05) is 18.8 Å². The molecular weight excluding hydrogens is 359 g/mol. The van der Waals surface area contributed by atoms with Crippen LogP contribution in [0.3, 0.4) is 0 Å². The van der Waals surface area contributed by atoms with Gasteiger partial charge in [0.2, 0.25) is 0 Å². The van der Waals surface area contributed by atoms with E-state index in [2.05, 4.69) is 12.2 Å². The summed E-state index contributed by atoms with van der Waals surface area (Å²) in [5.74, 6) is -1.02. The molecule has 28 heavy (non-hydrogen) atoms. The highest BCUT2D eigenvalue weighted by molar-refractivity contribution is 6.05. The molecule has 1 N–H and O–H groups in total. The van der Waals surface area contributed by atoms with Gasteiger partial charge in [0.05, 0.1) is 12.7 Å². The molecule has 0 spiro atoms. The first-order chi connectivity index (χ1) is 13.4. The standard InChI is InChI=1S/C22H23FN2O3/c1-14-11-12-25(22(27)28-3)13-18(14)16-7-9-17(10-8-16)24-21(26)20-15(2)5-4-6-19(20)23/h4-10H,11-13H2,1-3H3,(H,24,26). The van der Waals surface area contributed by atoms with Crippen LogP contribution in [0.5, 0.6) is 0 Å². The minimum absolute atomic E-state index is 0.0473. The van der Waals surface area contributed by atoms with Gasteiger partial charge in [0.15, 0.2) is 0 Å². The number of halogens is 1. The molecule has 2 amide bonds. The van der Waals surface area contributed by atoms with E-state index in [1.54, 1.807) is 36.1 Å². The topological polar surface area (TPSA) is 58.6 Å². The van der Waals surface area contributed by atoms with Crippen molar-refractivity contribution in [3.63, 3.8) is 0 Å². The molecule has 6 heteroatoms. The number of methoxy groups -OCH3 is 1. The van der Waals surface area contributed by atoms with Crippen molar-refractivity contribution in [1.82, 2.24) is 4.90 Å². The normalized spacial score (nSPS) is 14.1. The number of rotatable bonds is 3. The molecule has 0 radical (unpaired) electrons. The third-order valence-electron chi connectivity index (χ3n) is 4.99. The van der Waals surface area contributed by atoms with Crippen molar-refractivity contribution in [3.8, 4) is 0 Å². The molecule has 0 saturated heterocycles. The maximum absolute atomic E-state index is 14.0. The summed E-state index contributed by atoms with van der Waals surface area (Å²) in [6.45, 7) is 4.88. The van der Waals surface area contributed by atoms with Gasteiger partial charge < -0.3 is 15.0 Å². The summed E-state index contributed by atoms with van der Waals surface area (Å²) in [6.07, 6.45) is 0.448. The molecule has 0 unspecified atom stereocenters. The summed E-state index contributed by atoms with van der Waals surface area (Å²) in [5, 5.41) is 2.74. The molecule has 5 nitrogen and oxygen atoms in total. The van der Waals surface area contributed by atoms with Crippen molar-refractivity contribution in [2.75, 3.05) is 25.5 Å². The van der Waals surface area contributed by atoms with Crippen LogP contribution < -0.4 is 5.32 Å². The average molecular weight is 382 g/mol. The van der Waals surface area contributed by atoms with Gasteiger partial charge in [-0.25, -0.2) is 9.18 Å². The molecule has 2 aromatic rings. The fourth-order valence-corrected chi connectivity index (χ4v) is 3.35. The Morgan fingerprint density at radius 2 is 1.82 bits per heavy atom. The molecule has 2 aromatic carbocycles. The van der Waals surface area contributed by atoms with Gasteiger partial charge >= 0.3 is 6.09 Å². The third kappa shape index (κ3) is 4.06. The van der Waals surface area contributed by atoms with Crippen LogP contribution in [-0.2, 0) is 4.74 Å². The van der Waals surface area contributed by atoms with E-state index >= 15 is 0 Å². The van der Waals surface area contributed by atoms with Crippen molar-refractivity contribution in [2.45, 2.75) is 20.3 Å². The van der Waals surface area contributed by atoms with E-state index in [9.17, 15) is 14.0 Å². The van der Waals surface area contributed by atoms with E-state index in [1.807, 2.05) is 12.1 Å². The number of ether oxygens (including phenoxy) is 1. The van der Waals surface area contributed by atoms with Gasteiger partial charge in [0.25, 0.3) is 5.91 Å². The number of nitrogens with zero attached hydrogens (tertiary/aromatic N) is 1. The van der Waals surface area contributed by atoms with E-state index in [0.29, 0.717) is 24.3 Å². The third-order valence-corrected chi connectivity index (χ3v) is 4.99. The van der Waals surface area contributed by atoms with E-state index in [-0.39, 0.29) is 11.7 Å². The molecule has 0 fully saturated rings. The minimum atomic E-state index is -0.542. The summed E-state index contributed by atoms with van der Waals surface area (Å²) in [4.78, 5) is 25.9. The molecule has 1 aliphatic heterocycles. The lowest BCUT2D eigenvalue weighted by Gasteiger charge is -2.29. The Morgan fingerprint density at radius 1 is 1.11 bits per heavy atom. The number of anilines is 1. The highest BCUT2D eigenvalue weighted by atomic mass is 19.1. The quantitative estimate of drug-likeness (QED) is 0.842. The van der Waals surface area contributed by atoms with Crippen molar-refractivity contribution < 1.29 is 18.7 Å². The van der Waals surface area contributed by atoms with E-state index < -0.39 is 11.7 Å². The fourth-order valence-electron chi connectivity index (χ4n) is 3.35. The SMILES string of the molecule is COC(=O)N1CCC(C)=C(c2ccc(NC(=O)c3c(C)cccc3F)cc2)C1. The van der Waals surface area contributed by atoms with Gasteiger partial charge in [0.1, 0.15) is 5.82 Å². The number of hydrogen-bond donors (Lipinski definition) is 1. The van der Waals surface area contributed by atoms with E-state index in [1.165, 1.54) is 18.7 Å². The van der Waals surface area contributed by atoms with Crippen LogP contribution in [0.15, 0.2) is 48.0 Å². The number of aryl methyl sites for hydroxylation is 1. The van der Waals surface area contributed by atoms with Crippen LogP contribution in [0.25, 0.3) is 5.57 Å². The predicted molar refractivity (Wildman–Crippen MR) is 107 cm³/mol. The number of amides is 2. The van der Waals surface area contributed by atoms with Crippen molar-refractivity contribution in [1.29, 1.82) is 0 Å². The molecule has 0 saturated carbocycles. The molecule has 146 valence electrons. The summed E-state index contributed by atoms with van der Waals surface area (Å²) < 4.78 is 18.8. The number of carbonyl (C=O) groups excluding carboxylic acids is 2. The molecule has 1 aliphatic rings. The van der Waals surface area contributed by atoms with Crippen molar-refractivity contribution in [2.24, 2.45) is 0 Å². The second-order valence-corrected chi connectivity index (χ2v) is 6.86. The van der Waals surface area contributed by atoms with Crippen LogP contribution in [0.2, 0.25) is 0 Å². The predicted octanol–water partition coefficient (Wildman–Crippen LogP) is 4.63. The first-order valence-electron chi connectivity index (χ1n) is 9.09. The zero-order valence-corrected chi connectivity index (χ0v) is 16.2. The zero-order chi connectivity index (χ0) is 20.3. The van der Waals surface area contributed by atoms with Crippen LogP contribution in [-0.4, -0.2) is 37.1 Å². The maximum Gasteiger partial charge on any atom is 0.409 e. The van der Waals surface area contributed by atoms with Crippen LogP contribution in [0.1, 0.15) is 34.8 Å². The number of hydrogen-bond acceptors (Lipinski definition) is 3. The Labute approximate surface area is 163 Å². The first-order valence-corrected chi connectivity index (χ1v) is 9.09. The Balaban J connectivity index is 1.76. The second-order valence-electron chi connectivity index (χ2n) is 6.86. The monoisotopic (exact) mass is 382 g/mol. The molecule has 0 atom stereocenters. The van der Waals surface area contributed by atoms with E-state index in [4.69, 9.17) is 4.74 Å². The highest BCUT2D eigenvalue weighted by Crippen LogP contribution is 2.28. The van der Waals surface area contributed by atoms with Crippen molar-refractivity contribution >= 4 is 23.3 Å². The first kappa shape index (κ1) is 19.6. The highest BCUT2D eigenvalue weighted by Gasteiger charge is 2.22. The zero-order valence-electron chi connectivity index (χ0n) is 16.2. The maximum atomic E-state index is 14.0. The lowest BCUT2D eigenvalue weighted by atomic mass is 9.95. The Bertz CT molecular complexity index is 915. The molecule has 0 aromatic heterocycles. The summed E-state index contributed by atoms with van der Waals surface area (Å²) in [5.41, 5.74) is 4.48. The van der Waals surface area contributed by atoms with Gasteiger partial charge in [-0.1, -0.05) is 29.8 Å². The largest absolute Gasteiger partial charge is 0.453 e. The second kappa shape index (κ2) is 8.25. The summed E-state index contributed by atoms with van der Waals surface area (Å²) in [6, 6.07) is 11.9. The van der Waals surface area contributed by atoms with Crippen LogP contribution in [0, 0.1) is 12.7 Å². The number of nitrogens with one attached hydrogen (secondary N) is 1.